The van der Waals surface area contributed by atoms with Crippen molar-refractivity contribution in [3.8, 4) is 33.4 Å². The Morgan fingerprint density at radius 3 is 1.58 bits per heavy atom. The van der Waals surface area contributed by atoms with Crippen molar-refractivity contribution in [1.29, 1.82) is 0 Å². The maximum absolute atomic E-state index is 9.53. The summed E-state index contributed by atoms with van der Waals surface area (Å²) in [7, 11) is 0. The molecule has 0 fully saturated rings. The molecule has 0 bridgehead atoms. The van der Waals surface area contributed by atoms with Gasteiger partial charge < -0.3 is 4.42 Å². The minimum absolute atomic E-state index is 0.0309. The number of fused-ring (bicyclic) bond motifs is 7. The molecular formula is C42H26O. The monoisotopic (exact) mass is 549 g/mol. The molecule has 0 saturated carbocycles. The molecule has 8 aromatic carbocycles. The fraction of sp³-hybridized carbons (Fsp3) is 0. The van der Waals surface area contributed by atoms with Crippen molar-refractivity contribution in [3.05, 3.63) is 158 Å². The van der Waals surface area contributed by atoms with E-state index in [1.165, 1.54) is 5.56 Å². The second kappa shape index (κ2) is 9.44. The molecule has 9 rings (SSSR count). The smallest absolute Gasteiger partial charge is 0.136 e. The summed E-state index contributed by atoms with van der Waals surface area (Å²) in [5.41, 5.74) is 6.69. The Hall–Kier alpha value is -5.66. The average molecular weight is 550 g/mol. The molecule has 0 N–H and O–H groups in total. The third-order valence-corrected chi connectivity index (χ3v) is 8.59. The molecule has 1 aromatic heterocycles. The van der Waals surface area contributed by atoms with Gasteiger partial charge in [-0.3, -0.25) is 0 Å². The predicted molar refractivity (Wildman–Crippen MR) is 183 cm³/mol. The Bertz CT molecular complexity index is 2600. The molecule has 0 saturated heterocycles. The van der Waals surface area contributed by atoms with Crippen LogP contribution in [0.4, 0.5) is 0 Å². The Labute approximate surface area is 253 Å². The molecule has 9 aromatic rings. The van der Waals surface area contributed by atoms with Crippen molar-refractivity contribution in [2.45, 2.75) is 0 Å². The van der Waals surface area contributed by atoms with Crippen LogP contribution >= 0.6 is 0 Å². The Morgan fingerprint density at radius 2 is 0.907 bits per heavy atom. The van der Waals surface area contributed by atoms with E-state index in [0.29, 0.717) is 22.1 Å². The van der Waals surface area contributed by atoms with E-state index in [2.05, 4.69) is 72.8 Å². The van der Waals surface area contributed by atoms with E-state index >= 15 is 0 Å². The summed E-state index contributed by atoms with van der Waals surface area (Å²) >= 11 is 0. The van der Waals surface area contributed by atoms with Crippen LogP contribution in [0.15, 0.2) is 162 Å². The zero-order valence-electron chi connectivity index (χ0n) is 26.2. The third kappa shape index (κ3) is 3.72. The van der Waals surface area contributed by atoms with E-state index in [1.54, 1.807) is 0 Å². The maximum Gasteiger partial charge on any atom is 0.136 e. The molecular weight excluding hydrogens is 520 g/mol. The van der Waals surface area contributed by atoms with Gasteiger partial charge in [0.05, 0.1) is 4.11 Å². The maximum atomic E-state index is 9.53. The standard InChI is InChI=1S/C42H26O/c1-2-10-27(11-3-1)28-18-20-30(21-19-28)40-33-14-6-8-16-35(33)41(36-17-9-7-15-34(36)40)31-22-24-37-39(26-31)43-38-25-23-29-12-4-5-13-32(29)42(37)38/h1-26H/i22D,24D,26D. The molecule has 1 heterocycles. The first-order chi connectivity index (χ1) is 22.6. The molecule has 0 amide bonds. The average Bonchev–Trinajstić information content (AvgIpc) is 3.52. The van der Waals surface area contributed by atoms with E-state index in [-0.39, 0.29) is 18.1 Å². The van der Waals surface area contributed by atoms with Crippen LogP contribution in [0.2, 0.25) is 0 Å². The number of benzene rings is 8. The largest absolute Gasteiger partial charge is 0.456 e. The van der Waals surface area contributed by atoms with Crippen LogP contribution in [0.1, 0.15) is 4.11 Å². The topological polar surface area (TPSA) is 13.1 Å². The van der Waals surface area contributed by atoms with Gasteiger partial charge in [0.25, 0.3) is 0 Å². The quantitative estimate of drug-likeness (QED) is 0.200. The Morgan fingerprint density at radius 1 is 0.372 bits per heavy atom. The number of furan rings is 1. The summed E-state index contributed by atoms with van der Waals surface area (Å²) in [5, 5.41) is 7.23. The van der Waals surface area contributed by atoms with Gasteiger partial charge in [-0.25, -0.2) is 0 Å². The molecule has 1 heteroatoms. The number of hydrogen-bond donors (Lipinski definition) is 0. The van der Waals surface area contributed by atoms with Gasteiger partial charge in [0.15, 0.2) is 0 Å². The molecule has 1 nitrogen and oxygen atoms in total. The highest BCUT2D eigenvalue weighted by Crippen LogP contribution is 2.45. The highest BCUT2D eigenvalue weighted by atomic mass is 16.3. The van der Waals surface area contributed by atoms with Crippen LogP contribution in [-0.2, 0) is 0 Å². The molecule has 0 aliphatic rings. The van der Waals surface area contributed by atoms with Crippen molar-refractivity contribution in [2.75, 3.05) is 0 Å². The van der Waals surface area contributed by atoms with Crippen LogP contribution in [0.5, 0.6) is 0 Å². The zero-order valence-corrected chi connectivity index (χ0v) is 23.2. The minimum Gasteiger partial charge on any atom is -0.456 e. The number of hydrogen-bond acceptors (Lipinski definition) is 1. The highest BCUT2D eigenvalue weighted by molar-refractivity contribution is 6.23. The van der Waals surface area contributed by atoms with Gasteiger partial charge in [-0.05, 0) is 83.8 Å². The van der Waals surface area contributed by atoms with Crippen molar-refractivity contribution >= 4 is 54.3 Å². The van der Waals surface area contributed by atoms with E-state index in [1.807, 2.05) is 66.7 Å². The molecule has 0 spiro atoms. The summed E-state index contributed by atoms with van der Waals surface area (Å²) < 4.78 is 34.6. The zero-order chi connectivity index (χ0) is 30.9. The molecule has 0 unspecified atom stereocenters. The van der Waals surface area contributed by atoms with Crippen LogP contribution < -0.4 is 0 Å². The molecule has 43 heavy (non-hydrogen) atoms. The van der Waals surface area contributed by atoms with Gasteiger partial charge in [0.1, 0.15) is 11.2 Å². The van der Waals surface area contributed by atoms with E-state index < -0.39 is 0 Å². The first-order valence-corrected chi connectivity index (χ1v) is 14.5. The van der Waals surface area contributed by atoms with Gasteiger partial charge in [-0.2, -0.15) is 0 Å². The van der Waals surface area contributed by atoms with Gasteiger partial charge in [-0.1, -0.05) is 140 Å². The molecule has 0 radical (unpaired) electrons. The molecule has 0 aliphatic carbocycles. The lowest BCUT2D eigenvalue weighted by atomic mass is 9.85. The fourth-order valence-corrected chi connectivity index (χ4v) is 6.64. The third-order valence-electron chi connectivity index (χ3n) is 8.59. The predicted octanol–water partition coefficient (Wildman–Crippen LogP) is 12.0. The van der Waals surface area contributed by atoms with Crippen molar-refractivity contribution in [1.82, 2.24) is 0 Å². The lowest BCUT2D eigenvalue weighted by molar-refractivity contribution is 0.669. The van der Waals surface area contributed by atoms with Gasteiger partial charge >= 0.3 is 0 Å². The van der Waals surface area contributed by atoms with E-state index in [9.17, 15) is 4.11 Å². The van der Waals surface area contributed by atoms with E-state index in [4.69, 9.17) is 4.42 Å². The first kappa shape index (κ1) is 21.1. The van der Waals surface area contributed by atoms with Crippen LogP contribution in [-0.4, -0.2) is 0 Å². The fourth-order valence-electron chi connectivity index (χ4n) is 6.64. The minimum atomic E-state index is 0.0309. The van der Waals surface area contributed by atoms with Gasteiger partial charge in [0, 0.05) is 10.8 Å². The number of rotatable bonds is 3. The van der Waals surface area contributed by atoms with E-state index in [0.717, 1.165) is 60.0 Å². The highest BCUT2D eigenvalue weighted by Gasteiger charge is 2.18. The molecule has 0 aliphatic heterocycles. The summed E-state index contributed by atoms with van der Waals surface area (Å²) in [5.74, 6) is 0. The Balaban J connectivity index is 1.36. The second-order valence-electron chi connectivity index (χ2n) is 11.0. The normalized spacial score (nSPS) is 12.7. The van der Waals surface area contributed by atoms with Crippen molar-refractivity contribution in [2.24, 2.45) is 0 Å². The lowest BCUT2D eigenvalue weighted by Crippen LogP contribution is -1.91. The molecule has 200 valence electrons. The van der Waals surface area contributed by atoms with Crippen LogP contribution in [0.3, 0.4) is 0 Å². The lowest BCUT2D eigenvalue weighted by Gasteiger charge is -2.18. The summed E-state index contributed by atoms with van der Waals surface area (Å²) in [4.78, 5) is 0. The van der Waals surface area contributed by atoms with Crippen LogP contribution in [0, 0.1) is 0 Å². The molecule has 0 atom stereocenters. The van der Waals surface area contributed by atoms with Crippen molar-refractivity contribution < 1.29 is 8.53 Å². The summed E-state index contributed by atoms with van der Waals surface area (Å²) in [6.07, 6.45) is 0. The SMILES string of the molecule is [2H]c1c(-c2c3ccccc3c(-c3ccc(-c4ccccc4)cc3)c3ccccc23)c([2H])c2oc3ccc4ccccc4c3c2c1[2H]. The second-order valence-corrected chi connectivity index (χ2v) is 11.0. The Kier molecular flexibility index (Phi) is 4.63. The summed E-state index contributed by atoms with van der Waals surface area (Å²) in [6, 6.07) is 47.6. The van der Waals surface area contributed by atoms with Gasteiger partial charge in [0.2, 0.25) is 0 Å². The van der Waals surface area contributed by atoms with Crippen molar-refractivity contribution in [3.63, 3.8) is 0 Å². The summed E-state index contributed by atoms with van der Waals surface area (Å²) in [6.45, 7) is 0. The first-order valence-electron chi connectivity index (χ1n) is 16.0. The van der Waals surface area contributed by atoms with Gasteiger partial charge in [-0.15, -0.1) is 0 Å². The van der Waals surface area contributed by atoms with Crippen LogP contribution in [0.25, 0.3) is 87.6 Å².